The van der Waals surface area contributed by atoms with Crippen molar-refractivity contribution in [2.45, 2.75) is 20.4 Å². The first-order valence-electron chi connectivity index (χ1n) is 5.67. The van der Waals surface area contributed by atoms with E-state index in [9.17, 15) is 4.79 Å². The van der Waals surface area contributed by atoms with Crippen LogP contribution in [0.5, 0.6) is 0 Å². The van der Waals surface area contributed by atoms with Crippen molar-refractivity contribution in [1.82, 2.24) is 4.98 Å². The predicted octanol–water partition coefficient (Wildman–Crippen LogP) is 3.72. The Balaban J connectivity index is 2.11. The van der Waals surface area contributed by atoms with Crippen molar-refractivity contribution < 1.29 is 9.90 Å². The van der Waals surface area contributed by atoms with Crippen LogP contribution < -0.4 is 5.32 Å². The van der Waals surface area contributed by atoms with Crippen LogP contribution in [0.15, 0.2) is 18.2 Å². The number of nitrogens with zero attached hydrogens (tertiary/aromatic N) is 1. The second kappa shape index (κ2) is 5.59. The van der Waals surface area contributed by atoms with E-state index >= 15 is 0 Å². The summed E-state index contributed by atoms with van der Waals surface area (Å²) in [4.78, 5) is 17.4. The van der Waals surface area contributed by atoms with E-state index < -0.39 is 5.97 Å². The molecule has 0 unspecified atom stereocenters. The van der Waals surface area contributed by atoms with E-state index in [4.69, 9.17) is 16.7 Å². The Morgan fingerprint density at radius 2 is 2.21 bits per heavy atom. The first-order chi connectivity index (χ1) is 8.97. The molecule has 0 fully saturated rings. The standard InChI is InChI=1S/C13H13ClN2O2S/c1-7-5-9(19-8(7)2)6-15-11-4-3-10(14)12(16-11)13(17)18/h3-5H,6H2,1-2H3,(H,15,16)(H,17,18). The van der Waals surface area contributed by atoms with Crippen LogP contribution in [0.1, 0.15) is 25.8 Å². The fraction of sp³-hybridized carbons (Fsp3) is 0.231. The number of carboxylic acids is 1. The first-order valence-corrected chi connectivity index (χ1v) is 6.86. The number of rotatable bonds is 4. The minimum atomic E-state index is -1.13. The maximum absolute atomic E-state index is 10.9. The van der Waals surface area contributed by atoms with E-state index in [1.807, 2.05) is 0 Å². The molecule has 0 radical (unpaired) electrons. The summed E-state index contributed by atoms with van der Waals surface area (Å²) in [6.07, 6.45) is 0. The monoisotopic (exact) mass is 296 g/mol. The van der Waals surface area contributed by atoms with Gasteiger partial charge in [-0.25, -0.2) is 9.78 Å². The highest BCUT2D eigenvalue weighted by atomic mass is 35.5. The Morgan fingerprint density at radius 3 is 2.79 bits per heavy atom. The van der Waals surface area contributed by atoms with Gasteiger partial charge in [0.15, 0.2) is 5.69 Å². The van der Waals surface area contributed by atoms with Gasteiger partial charge in [0.1, 0.15) is 5.82 Å². The van der Waals surface area contributed by atoms with Crippen molar-refractivity contribution in [3.8, 4) is 0 Å². The molecule has 0 aromatic carbocycles. The molecular weight excluding hydrogens is 284 g/mol. The lowest BCUT2D eigenvalue weighted by Crippen LogP contribution is -2.06. The predicted molar refractivity (Wildman–Crippen MR) is 77.3 cm³/mol. The molecule has 2 N–H and O–H groups in total. The van der Waals surface area contributed by atoms with Crippen molar-refractivity contribution in [2.24, 2.45) is 0 Å². The molecule has 19 heavy (non-hydrogen) atoms. The van der Waals surface area contributed by atoms with Gasteiger partial charge in [0.2, 0.25) is 0 Å². The van der Waals surface area contributed by atoms with Gasteiger partial charge in [0, 0.05) is 9.75 Å². The van der Waals surface area contributed by atoms with Gasteiger partial charge < -0.3 is 10.4 Å². The summed E-state index contributed by atoms with van der Waals surface area (Å²) in [5, 5.41) is 12.2. The molecule has 0 atom stereocenters. The number of nitrogens with one attached hydrogen (secondary N) is 1. The maximum atomic E-state index is 10.9. The number of thiophene rings is 1. The summed E-state index contributed by atoms with van der Waals surface area (Å²) in [7, 11) is 0. The van der Waals surface area contributed by atoms with Crippen LogP contribution in [0.2, 0.25) is 5.02 Å². The second-order valence-electron chi connectivity index (χ2n) is 4.14. The van der Waals surface area contributed by atoms with Crippen molar-refractivity contribution in [2.75, 3.05) is 5.32 Å². The minimum absolute atomic E-state index is 0.134. The zero-order chi connectivity index (χ0) is 14.0. The van der Waals surface area contributed by atoms with Gasteiger partial charge in [0.25, 0.3) is 0 Å². The van der Waals surface area contributed by atoms with Crippen LogP contribution in [0.3, 0.4) is 0 Å². The molecule has 0 saturated heterocycles. The molecule has 6 heteroatoms. The van der Waals surface area contributed by atoms with Crippen molar-refractivity contribution >= 4 is 34.7 Å². The highest BCUT2D eigenvalue weighted by molar-refractivity contribution is 7.12. The summed E-state index contributed by atoms with van der Waals surface area (Å²) in [5.41, 5.74) is 1.13. The SMILES string of the molecule is Cc1cc(CNc2ccc(Cl)c(C(=O)O)n2)sc1C. The normalized spacial score (nSPS) is 10.5. The molecule has 2 aromatic rings. The highest BCUT2D eigenvalue weighted by Crippen LogP contribution is 2.22. The van der Waals surface area contributed by atoms with Gasteiger partial charge in [-0.05, 0) is 37.6 Å². The molecule has 100 valence electrons. The zero-order valence-electron chi connectivity index (χ0n) is 10.5. The minimum Gasteiger partial charge on any atom is -0.476 e. The van der Waals surface area contributed by atoms with Crippen molar-refractivity contribution in [1.29, 1.82) is 0 Å². The van der Waals surface area contributed by atoms with Crippen molar-refractivity contribution in [3.05, 3.63) is 44.2 Å². The molecule has 0 aliphatic carbocycles. The van der Waals surface area contributed by atoms with Crippen LogP contribution in [0.4, 0.5) is 5.82 Å². The number of hydrogen-bond acceptors (Lipinski definition) is 4. The molecule has 2 aromatic heterocycles. The largest absolute Gasteiger partial charge is 0.476 e. The Hall–Kier alpha value is -1.59. The third-order valence-electron chi connectivity index (χ3n) is 2.71. The highest BCUT2D eigenvalue weighted by Gasteiger charge is 2.11. The number of aryl methyl sites for hydroxylation is 2. The maximum Gasteiger partial charge on any atom is 0.356 e. The van der Waals surface area contributed by atoms with Gasteiger partial charge in [-0.2, -0.15) is 0 Å². The topological polar surface area (TPSA) is 62.2 Å². The van der Waals surface area contributed by atoms with Crippen LogP contribution in [-0.2, 0) is 6.54 Å². The second-order valence-corrected chi connectivity index (χ2v) is 5.89. The quantitative estimate of drug-likeness (QED) is 0.902. The zero-order valence-corrected chi connectivity index (χ0v) is 12.1. The average Bonchev–Trinajstić information content (AvgIpc) is 2.67. The summed E-state index contributed by atoms with van der Waals surface area (Å²) in [6, 6.07) is 5.31. The number of aromatic carboxylic acids is 1. The molecular formula is C13H13ClN2O2S. The van der Waals surface area contributed by atoms with E-state index in [1.54, 1.807) is 17.4 Å². The van der Waals surface area contributed by atoms with Gasteiger partial charge in [-0.1, -0.05) is 11.6 Å². The summed E-state index contributed by atoms with van der Waals surface area (Å²) >= 11 is 7.48. The fourth-order valence-electron chi connectivity index (χ4n) is 1.61. The molecule has 2 heterocycles. The number of carboxylic acid groups (broad SMARTS) is 1. The lowest BCUT2D eigenvalue weighted by molar-refractivity contribution is 0.0691. The fourth-order valence-corrected chi connectivity index (χ4v) is 2.78. The van der Waals surface area contributed by atoms with E-state index in [1.165, 1.54) is 21.4 Å². The molecule has 0 bridgehead atoms. The number of hydrogen-bond donors (Lipinski definition) is 2. The van der Waals surface area contributed by atoms with E-state index in [2.05, 4.69) is 30.2 Å². The number of carbonyl (C=O) groups is 1. The lowest BCUT2D eigenvalue weighted by atomic mass is 10.3. The number of anilines is 1. The third-order valence-corrected chi connectivity index (χ3v) is 4.17. The summed E-state index contributed by atoms with van der Waals surface area (Å²) in [5.74, 6) is -0.623. The lowest BCUT2D eigenvalue weighted by Gasteiger charge is -2.05. The van der Waals surface area contributed by atoms with Gasteiger partial charge >= 0.3 is 5.97 Å². The molecule has 0 saturated carbocycles. The molecule has 0 aliphatic rings. The molecule has 0 spiro atoms. The summed E-state index contributed by atoms with van der Waals surface area (Å²) in [6.45, 7) is 4.76. The average molecular weight is 297 g/mol. The van der Waals surface area contributed by atoms with E-state index in [0.29, 0.717) is 12.4 Å². The smallest absolute Gasteiger partial charge is 0.356 e. The third kappa shape index (κ3) is 3.24. The molecule has 4 nitrogen and oxygen atoms in total. The van der Waals surface area contributed by atoms with Crippen LogP contribution in [0.25, 0.3) is 0 Å². The molecule has 2 rings (SSSR count). The Labute approximate surface area is 120 Å². The Morgan fingerprint density at radius 1 is 1.47 bits per heavy atom. The van der Waals surface area contributed by atoms with Crippen LogP contribution >= 0.6 is 22.9 Å². The molecule has 0 amide bonds. The van der Waals surface area contributed by atoms with E-state index in [-0.39, 0.29) is 10.7 Å². The van der Waals surface area contributed by atoms with Gasteiger partial charge in [-0.15, -0.1) is 11.3 Å². The van der Waals surface area contributed by atoms with Gasteiger partial charge in [0.05, 0.1) is 11.6 Å². The number of halogens is 1. The molecule has 0 aliphatic heterocycles. The first kappa shape index (κ1) is 13.8. The van der Waals surface area contributed by atoms with Crippen LogP contribution in [0, 0.1) is 13.8 Å². The Bertz CT molecular complexity index is 606. The summed E-state index contributed by atoms with van der Waals surface area (Å²) < 4.78 is 0. The van der Waals surface area contributed by atoms with Crippen LogP contribution in [-0.4, -0.2) is 16.1 Å². The Kier molecular flexibility index (Phi) is 4.07. The van der Waals surface area contributed by atoms with Crippen molar-refractivity contribution in [3.63, 3.8) is 0 Å². The number of pyridine rings is 1. The van der Waals surface area contributed by atoms with E-state index in [0.717, 1.165) is 0 Å². The number of aromatic nitrogens is 1. The van der Waals surface area contributed by atoms with Gasteiger partial charge in [-0.3, -0.25) is 0 Å².